The number of hydrogen-bond donors (Lipinski definition) is 2. The average molecular weight is 501 g/mol. The summed E-state index contributed by atoms with van der Waals surface area (Å²) < 4.78 is 17.4. The fourth-order valence-corrected chi connectivity index (χ4v) is 5.25. The molecule has 9 nitrogen and oxygen atoms in total. The quantitative estimate of drug-likeness (QED) is 0.571. The number of piperidine rings is 1. The molecule has 35 heavy (non-hydrogen) atoms. The van der Waals surface area contributed by atoms with Crippen molar-refractivity contribution in [2.45, 2.75) is 37.8 Å². The molecule has 11 heteroatoms. The largest absolute Gasteiger partial charge is 0.388 e. The predicted molar refractivity (Wildman–Crippen MR) is 129 cm³/mol. The summed E-state index contributed by atoms with van der Waals surface area (Å²) in [6, 6.07) is 4.44. The highest BCUT2D eigenvalue weighted by Gasteiger charge is 2.40. The first kappa shape index (κ1) is 23.7. The van der Waals surface area contributed by atoms with Gasteiger partial charge in [-0.3, -0.25) is 29.6 Å². The second-order valence-corrected chi connectivity index (χ2v) is 9.84. The van der Waals surface area contributed by atoms with Crippen LogP contribution in [0.2, 0.25) is 5.15 Å². The normalized spacial score (nSPS) is 23.7. The van der Waals surface area contributed by atoms with Crippen molar-refractivity contribution in [1.29, 1.82) is 0 Å². The number of pyridine rings is 1. The van der Waals surface area contributed by atoms with Crippen molar-refractivity contribution in [1.82, 2.24) is 25.0 Å². The molecule has 2 aliphatic rings. The molecule has 3 aromatic rings. The number of nitrogens with zero attached hydrogens (tertiary/aromatic N) is 5. The summed E-state index contributed by atoms with van der Waals surface area (Å²) in [5, 5.41) is 18.6. The van der Waals surface area contributed by atoms with E-state index >= 15 is 4.39 Å². The molecular weight excluding hydrogens is 475 g/mol. The first-order chi connectivity index (χ1) is 16.6. The first-order valence-electron chi connectivity index (χ1n) is 11.4. The smallest absolute Gasteiger partial charge is 0.328 e. The highest BCUT2D eigenvalue weighted by Crippen LogP contribution is 2.39. The maximum Gasteiger partial charge on any atom is 0.328 e. The van der Waals surface area contributed by atoms with Gasteiger partial charge < -0.3 is 5.11 Å². The van der Waals surface area contributed by atoms with Gasteiger partial charge in [-0.25, -0.2) is 9.18 Å². The average Bonchev–Trinajstić information content (AvgIpc) is 3.12. The summed E-state index contributed by atoms with van der Waals surface area (Å²) in [5.41, 5.74) is 0.973. The van der Waals surface area contributed by atoms with E-state index < -0.39 is 23.4 Å². The zero-order chi connectivity index (χ0) is 24.9. The van der Waals surface area contributed by atoms with Crippen LogP contribution < -0.4 is 10.2 Å². The van der Waals surface area contributed by atoms with Crippen LogP contribution in [0.25, 0.3) is 10.9 Å². The van der Waals surface area contributed by atoms with Gasteiger partial charge in [-0.2, -0.15) is 5.10 Å². The molecular formula is C24H26ClFN6O3. The monoisotopic (exact) mass is 500 g/mol. The Balaban J connectivity index is 1.41. The third-order valence-electron chi connectivity index (χ3n) is 6.91. The molecule has 5 rings (SSSR count). The van der Waals surface area contributed by atoms with Crippen LogP contribution in [0.3, 0.4) is 0 Å². The van der Waals surface area contributed by atoms with E-state index in [1.165, 1.54) is 11.1 Å². The Kier molecular flexibility index (Phi) is 5.98. The minimum atomic E-state index is -1.18. The number of rotatable bonds is 4. The van der Waals surface area contributed by atoms with Gasteiger partial charge in [0.25, 0.3) is 0 Å². The van der Waals surface area contributed by atoms with Crippen LogP contribution >= 0.6 is 11.6 Å². The van der Waals surface area contributed by atoms with Crippen molar-refractivity contribution in [3.8, 4) is 0 Å². The molecule has 2 aromatic heterocycles. The van der Waals surface area contributed by atoms with Crippen molar-refractivity contribution in [2.75, 3.05) is 24.5 Å². The number of nitrogens with one attached hydrogen (secondary N) is 1. The molecule has 0 bridgehead atoms. The summed E-state index contributed by atoms with van der Waals surface area (Å²) in [6.45, 7) is 3.48. The number of amides is 3. The molecule has 2 aliphatic heterocycles. The lowest BCUT2D eigenvalue weighted by molar-refractivity contribution is -0.120. The molecule has 3 amide bonds. The van der Waals surface area contributed by atoms with Crippen molar-refractivity contribution < 1.29 is 19.1 Å². The van der Waals surface area contributed by atoms with E-state index in [-0.39, 0.29) is 24.3 Å². The Morgan fingerprint density at radius 3 is 2.77 bits per heavy atom. The fourth-order valence-electron chi connectivity index (χ4n) is 5.10. The van der Waals surface area contributed by atoms with E-state index in [9.17, 15) is 14.7 Å². The van der Waals surface area contributed by atoms with Gasteiger partial charge in [-0.15, -0.1) is 0 Å². The number of halogens is 2. The zero-order valence-corrected chi connectivity index (χ0v) is 20.2. The highest BCUT2D eigenvalue weighted by atomic mass is 35.5. The Morgan fingerprint density at radius 2 is 2.09 bits per heavy atom. The Hall–Kier alpha value is -3.08. The lowest BCUT2D eigenvalue weighted by Crippen LogP contribution is -2.50. The van der Waals surface area contributed by atoms with Crippen LogP contribution in [-0.4, -0.2) is 61.9 Å². The second kappa shape index (κ2) is 8.85. The Bertz CT molecular complexity index is 1330. The fraction of sp³-hybridized carbons (Fsp3) is 0.417. The van der Waals surface area contributed by atoms with E-state index in [1.807, 2.05) is 0 Å². The number of aliphatic hydroxyl groups is 1. The molecule has 4 heterocycles. The maximum atomic E-state index is 15.8. The lowest BCUT2D eigenvalue weighted by atomic mass is 9.77. The van der Waals surface area contributed by atoms with Crippen LogP contribution in [0, 0.1) is 5.82 Å². The minimum absolute atomic E-state index is 0.165. The van der Waals surface area contributed by atoms with Gasteiger partial charge in [0, 0.05) is 50.0 Å². The van der Waals surface area contributed by atoms with E-state index in [1.54, 1.807) is 43.0 Å². The number of aromatic nitrogens is 3. The topological polar surface area (TPSA) is 104 Å². The van der Waals surface area contributed by atoms with Crippen LogP contribution in [0.1, 0.15) is 36.8 Å². The van der Waals surface area contributed by atoms with E-state index in [0.717, 1.165) is 5.56 Å². The van der Waals surface area contributed by atoms with Gasteiger partial charge in [-0.05, 0) is 37.6 Å². The lowest BCUT2D eigenvalue weighted by Gasteiger charge is -2.43. The number of anilines is 1. The van der Waals surface area contributed by atoms with Gasteiger partial charge in [-0.1, -0.05) is 17.7 Å². The van der Waals surface area contributed by atoms with E-state index in [0.29, 0.717) is 48.0 Å². The van der Waals surface area contributed by atoms with Crippen molar-refractivity contribution in [3.05, 3.63) is 52.7 Å². The third kappa shape index (κ3) is 4.37. The number of carbonyl (C=O) groups is 2. The van der Waals surface area contributed by atoms with E-state index in [2.05, 4.69) is 20.3 Å². The van der Waals surface area contributed by atoms with Gasteiger partial charge in [0.05, 0.1) is 29.2 Å². The number of imide groups is 1. The number of aryl methyl sites for hydroxylation is 1. The number of benzene rings is 1. The molecule has 2 saturated heterocycles. The molecule has 0 spiro atoms. The molecule has 2 N–H and O–H groups in total. The standard InChI is InChI=1S/C24H26ClFN6O3/c1-24(35)13-31(12-14-10-28-30(2)22(14)25)7-5-18(24)16-3-4-19-17(21(16)26)9-15(11-27-19)32-8-6-20(33)29-23(32)34/h3-4,9-11,18,35H,5-8,12-13H2,1-2H3,(H,29,33,34). The maximum absolute atomic E-state index is 15.8. The number of hydrogen-bond acceptors (Lipinski definition) is 6. The van der Waals surface area contributed by atoms with Gasteiger partial charge in [0.2, 0.25) is 5.91 Å². The molecule has 0 saturated carbocycles. The molecule has 2 atom stereocenters. The Labute approximate surface area is 206 Å². The third-order valence-corrected chi connectivity index (χ3v) is 7.40. The molecule has 0 radical (unpaired) electrons. The summed E-state index contributed by atoms with van der Waals surface area (Å²) >= 11 is 6.30. The molecule has 1 aromatic carbocycles. The number of fused-ring (bicyclic) bond motifs is 1. The van der Waals surface area contributed by atoms with Crippen LogP contribution in [0.15, 0.2) is 30.6 Å². The number of carbonyl (C=O) groups excluding carboxylic acids is 2. The van der Waals surface area contributed by atoms with Crippen LogP contribution in [0.5, 0.6) is 0 Å². The number of urea groups is 1. The molecule has 2 unspecified atom stereocenters. The summed E-state index contributed by atoms with van der Waals surface area (Å²) in [6.07, 6.45) is 3.93. The van der Waals surface area contributed by atoms with Crippen LogP contribution in [0.4, 0.5) is 14.9 Å². The van der Waals surface area contributed by atoms with Gasteiger partial charge in [0.1, 0.15) is 11.0 Å². The molecule has 2 fully saturated rings. The predicted octanol–water partition coefficient (Wildman–Crippen LogP) is 2.95. The summed E-state index contributed by atoms with van der Waals surface area (Å²) in [4.78, 5) is 31.5. The van der Waals surface area contributed by atoms with Crippen molar-refractivity contribution in [3.63, 3.8) is 0 Å². The number of β-amino-alcohol motifs (C(OH)–C–C–N with tert-alkyl or cyclic N) is 1. The van der Waals surface area contributed by atoms with E-state index in [4.69, 9.17) is 11.6 Å². The van der Waals surface area contributed by atoms with Crippen LogP contribution in [-0.2, 0) is 18.4 Å². The Morgan fingerprint density at radius 1 is 1.29 bits per heavy atom. The SMILES string of the molecule is Cn1ncc(CN2CCC(c3ccc4ncc(N5CCC(=O)NC5=O)cc4c3F)C(C)(O)C2)c1Cl. The number of likely N-dealkylation sites (tertiary alicyclic amines) is 1. The highest BCUT2D eigenvalue weighted by molar-refractivity contribution is 6.30. The minimum Gasteiger partial charge on any atom is -0.388 e. The zero-order valence-electron chi connectivity index (χ0n) is 19.5. The van der Waals surface area contributed by atoms with Gasteiger partial charge in [0.15, 0.2) is 0 Å². The summed E-state index contributed by atoms with van der Waals surface area (Å²) in [7, 11) is 1.77. The van der Waals surface area contributed by atoms with Gasteiger partial charge >= 0.3 is 6.03 Å². The summed E-state index contributed by atoms with van der Waals surface area (Å²) in [5.74, 6) is -1.22. The second-order valence-electron chi connectivity index (χ2n) is 9.48. The first-order valence-corrected chi connectivity index (χ1v) is 11.8. The van der Waals surface area contributed by atoms with Crippen molar-refractivity contribution >= 4 is 40.1 Å². The molecule has 0 aliphatic carbocycles. The van der Waals surface area contributed by atoms with Crippen molar-refractivity contribution in [2.24, 2.45) is 7.05 Å². The molecule has 184 valence electrons.